The van der Waals surface area contributed by atoms with E-state index in [0.29, 0.717) is 29.8 Å². The summed E-state index contributed by atoms with van der Waals surface area (Å²) in [6.45, 7) is 15.0. The highest BCUT2D eigenvalue weighted by atomic mass is 16.7. The van der Waals surface area contributed by atoms with Gasteiger partial charge in [-0.25, -0.2) is 0 Å². The average Bonchev–Trinajstić information content (AvgIpc) is 3.08. The van der Waals surface area contributed by atoms with Gasteiger partial charge < -0.3 is 9.47 Å². The fourth-order valence-electron chi connectivity index (χ4n) is 6.70. The predicted octanol–water partition coefficient (Wildman–Crippen LogP) is 6.18. The molecule has 158 valence electrons. The van der Waals surface area contributed by atoms with Crippen molar-refractivity contribution < 1.29 is 9.47 Å². The predicted molar refractivity (Wildman–Crippen MR) is 116 cm³/mol. The van der Waals surface area contributed by atoms with Crippen molar-refractivity contribution in [3.63, 3.8) is 0 Å². The minimum Gasteiger partial charge on any atom is -0.346 e. The van der Waals surface area contributed by atoms with E-state index in [1.807, 2.05) is 0 Å². The van der Waals surface area contributed by atoms with Crippen LogP contribution in [0.3, 0.4) is 0 Å². The average molecular weight is 388 g/mol. The zero-order chi connectivity index (χ0) is 20.1. The van der Waals surface area contributed by atoms with Crippen LogP contribution in [0.5, 0.6) is 0 Å². The highest BCUT2D eigenvalue weighted by Crippen LogP contribution is 2.54. The smallest absolute Gasteiger partial charge is 0.169 e. The number of hydrogen-bond acceptors (Lipinski definition) is 3. The van der Waals surface area contributed by atoms with Crippen molar-refractivity contribution in [3.8, 4) is 0 Å². The van der Waals surface area contributed by atoms with Gasteiger partial charge in [-0.2, -0.15) is 0 Å². The Labute approximate surface area is 172 Å². The van der Waals surface area contributed by atoms with Crippen molar-refractivity contribution in [2.75, 3.05) is 6.54 Å². The molecule has 0 aromatic rings. The number of rotatable bonds is 1. The van der Waals surface area contributed by atoms with Gasteiger partial charge in [0.2, 0.25) is 0 Å². The lowest BCUT2D eigenvalue weighted by atomic mass is 9.59. The molecule has 3 saturated heterocycles. The van der Waals surface area contributed by atoms with Gasteiger partial charge >= 0.3 is 0 Å². The second-order valence-electron chi connectivity index (χ2n) is 10.6. The number of ether oxygens (including phenoxy) is 2. The van der Waals surface area contributed by atoms with Crippen molar-refractivity contribution in [1.29, 1.82) is 0 Å². The summed E-state index contributed by atoms with van der Waals surface area (Å²) in [5, 5.41) is 0. The lowest BCUT2D eigenvalue weighted by Gasteiger charge is -2.52. The summed E-state index contributed by atoms with van der Waals surface area (Å²) >= 11 is 0. The number of hydrogen-bond donors (Lipinski definition) is 0. The van der Waals surface area contributed by atoms with E-state index in [4.69, 9.17) is 14.5 Å². The maximum absolute atomic E-state index is 7.11. The molecule has 3 nitrogen and oxygen atoms in total. The summed E-state index contributed by atoms with van der Waals surface area (Å²) in [6.07, 6.45) is 11.1. The molecule has 0 N–H and O–H groups in total. The lowest BCUT2D eigenvalue weighted by Crippen LogP contribution is -2.55. The van der Waals surface area contributed by atoms with Crippen LogP contribution in [0.15, 0.2) is 16.6 Å². The zero-order valence-electron chi connectivity index (χ0n) is 19.0. The van der Waals surface area contributed by atoms with Crippen molar-refractivity contribution in [1.82, 2.24) is 0 Å². The molecule has 3 fully saturated rings. The Bertz CT molecular complexity index is 655. The van der Waals surface area contributed by atoms with Crippen LogP contribution in [0.2, 0.25) is 0 Å². The van der Waals surface area contributed by atoms with Crippen LogP contribution in [0.4, 0.5) is 0 Å². The molecule has 1 aliphatic carbocycles. The van der Waals surface area contributed by atoms with E-state index in [-0.39, 0.29) is 11.5 Å². The molecule has 1 spiro atoms. The largest absolute Gasteiger partial charge is 0.346 e. The molecule has 3 heterocycles. The molecule has 0 saturated carbocycles. The van der Waals surface area contributed by atoms with Gasteiger partial charge in [-0.3, -0.25) is 4.99 Å². The molecule has 0 aromatic heterocycles. The Kier molecular flexibility index (Phi) is 5.55. The molecule has 1 unspecified atom stereocenters. The van der Waals surface area contributed by atoms with Gasteiger partial charge in [-0.1, -0.05) is 39.3 Å². The molecule has 4 aliphatic rings. The molecule has 4 rings (SSSR count). The summed E-state index contributed by atoms with van der Waals surface area (Å²) in [5.74, 6) is 1.57. The number of fused-ring (bicyclic) bond motifs is 4. The van der Waals surface area contributed by atoms with E-state index in [0.717, 1.165) is 25.8 Å². The number of aliphatic imine (C=N–C) groups is 1. The Morgan fingerprint density at radius 3 is 2.57 bits per heavy atom. The first kappa shape index (κ1) is 20.6. The molecule has 3 heteroatoms. The van der Waals surface area contributed by atoms with Gasteiger partial charge in [0.1, 0.15) is 0 Å². The van der Waals surface area contributed by atoms with Crippen molar-refractivity contribution >= 4 is 5.71 Å². The van der Waals surface area contributed by atoms with Crippen LogP contribution in [-0.4, -0.2) is 30.3 Å². The van der Waals surface area contributed by atoms with E-state index in [1.54, 1.807) is 0 Å². The minimum atomic E-state index is -0.406. The van der Waals surface area contributed by atoms with Crippen molar-refractivity contribution in [2.45, 2.75) is 104 Å². The minimum absolute atomic E-state index is 0.104. The van der Waals surface area contributed by atoms with Crippen LogP contribution in [0.1, 0.15) is 86.5 Å². The summed E-state index contributed by atoms with van der Waals surface area (Å²) in [4.78, 5) is 5.15. The molecule has 3 aliphatic heterocycles. The highest BCUT2D eigenvalue weighted by molar-refractivity contribution is 5.92. The summed E-state index contributed by atoms with van der Waals surface area (Å²) in [7, 11) is 0. The first-order valence-corrected chi connectivity index (χ1v) is 11.9. The molecular weight excluding hydrogens is 346 g/mol. The van der Waals surface area contributed by atoms with Gasteiger partial charge in [0.15, 0.2) is 5.79 Å². The van der Waals surface area contributed by atoms with Crippen LogP contribution in [0, 0.1) is 29.1 Å². The third-order valence-electron chi connectivity index (χ3n) is 8.39. The fraction of sp³-hybridized carbons (Fsp3) is 0.880. The molecule has 3 bridgehead atoms. The molecule has 0 radical (unpaired) electrons. The SMILES string of the molecule is CCN=C1[C@@H](C)C[C@]23CC[C@H](O2)[C@@H](C)CCC(C)[C@@H](O3)[C@H]2C=C(C)CC[C@]12C. The second kappa shape index (κ2) is 7.54. The zero-order valence-corrected chi connectivity index (χ0v) is 19.0. The Morgan fingerprint density at radius 1 is 1.07 bits per heavy atom. The van der Waals surface area contributed by atoms with Gasteiger partial charge in [0, 0.05) is 36.4 Å². The van der Waals surface area contributed by atoms with Crippen LogP contribution in [0.25, 0.3) is 0 Å². The third-order valence-corrected chi connectivity index (χ3v) is 8.39. The summed E-state index contributed by atoms with van der Waals surface area (Å²) in [6, 6.07) is 0. The Hall–Kier alpha value is -0.670. The quantitative estimate of drug-likeness (QED) is 0.503. The fourth-order valence-corrected chi connectivity index (χ4v) is 6.70. The van der Waals surface area contributed by atoms with Crippen LogP contribution < -0.4 is 0 Å². The van der Waals surface area contributed by atoms with E-state index in [9.17, 15) is 0 Å². The summed E-state index contributed by atoms with van der Waals surface area (Å²) < 4.78 is 13.9. The second-order valence-corrected chi connectivity index (χ2v) is 10.6. The van der Waals surface area contributed by atoms with E-state index < -0.39 is 5.79 Å². The van der Waals surface area contributed by atoms with E-state index in [2.05, 4.69) is 47.6 Å². The Morgan fingerprint density at radius 2 is 1.82 bits per heavy atom. The van der Waals surface area contributed by atoms with Crippen LogP contribution >= 0.6 is 0 Å². The van der Waals surface area contributed by atoms with Gasteiger partial charge in [0.05, 0.1) is 12.2 Å². The van der Waals surface area contributed by atoms with Gasteiger partial charge in [-0.15, -0.1) is 0 Å². The topological polar surface area (TPSA) is 30.8 Å². The van der Waals surface area contributed by atoms with Crippen molar-refractivity contribution in [2.24, 2.45) is 34.1 Å². The van der Waals surface area contributed by atoms with Crippen molar-refractivity contribution in [3.05, 3.63) is 11.6 Å². The van der Waals surface area contributed by atoms with E-state index in [1.165, 1.54) is 37.0 Å². The third kappa shape index (κ3) is 3.41. The Balaban J connectivity index is 1.84. The standard InChI is InChI=1S/C25H41NO2/c1-7-26-23-19(5)15-25-13-11-21(27-25)17(3)8-9-18(4)22(28-25)20-14-16(2)10-12-24(20,23)6/h14,17-22H,7-13,15H2,1-6H3/t17-,18?,19-,20+,21-,22+,24-,25+/m0/s1. The molecule has 0 aromatic carbocycles. The number of nitrogens with zero attached hydrogens (tertiary/aromatic N) is 1. The molecule has 28 heavy (non-hydrogen) atoms. The molecule has 8 atom stereocenters. The molecular formula is C25H41NO2. The number of allylic oxidation sites excluding steroid dienone is 1. The first-order valence-electron chi connectivity index (χ1n) is 11.9. The molecule has 0 amide bonds. The van der Waals surface area contributed by atoms with Gasteiger partial charge in [-0.05, 0) is 63.7 Å². The maximum atomic E-state index is 7.11. The van der Waals surface area contributed by atoms with Gasteiger partial charge in [0.25, 0.3) is 0 Å². The van der Waals surface area contributed by atoms with Crippen LogP contribution in [-0.2, 0) is 9.47 Å². The maximum Gasteiger partial charge on any atom is 0.169 e. The van der Waals surface area contributed by atoms with E-state index >= 15 is 0 Å². The summed E-state index contributed by atoms with van der Waals surface area (Å²) in [5.41, 5.74) is 3.06. The monoisotopic (exact) mass is 387 g/mol. The normalized spacial score (nSPS) is 50.6. The first-order chi connectivity index (χ1) is 13.3. The lowest BCUT2D eigenvalue weighted by molar-refractivity contribution is -0.276. The highest BCUT2D eigenvalue weighted by Gasteiger charge is 2.55.